The van der Waals surface area contributed by atoms with Crippen LogP contribution in [-0.2, 0) is 37.5 Å². The average molecular weight is 290 g/mol. The van der Waals surface area contributed by atoms with Gasteiger partial charge in [-0.2, -0.15) is 35.4 Å². The van der Waals surface area contributed by atoms with Crippen LogP contribution in [0, 0.1) is 18.9 Å². The fourth-order valence-electron chi connectivity index (χ4n) is 2.36. The molecule has 0 atom stereocenters. The molecule has 0 saturated heterocycles. The summed E-state index contributed by atoms with van der Waals surface area (Å²) in [7, 11) is 0. The van der Waals surface area contributed by atoms with Crippen molar-refractivity contribution < 1.29 is 37.5 Å². The van der Waals surface area contributed by atoms with E-state index < -0.39 is 0 Å². The molecule has 2 heteroatoms. The van der Waals surface area contributed by atoms with E-state index in [0.717, 1.165) is 32.0 Å². The molecule has 0 N–H and O–H groups in total. The zero-order valence-corrected chi connectivity index (χ0v) is 12.6. The molecule has 2 rings (SSSR count). The SMILES string of the molecule is Cc1[c-]cc(C2CCC(C=O)CC2)cc1.[Y]. The first-order valence-corrected chi connectivity index (χ1v) is 5.73. The van der Waals surface area contributed by atoms with Gasteiger partial charge in [0, 0.05) is 38.6 Å². The van der Waals surface area contributed by atoms with Crippen LogP contribution in [0.5, 0.6) is 0 Å². The molecule has 83 valence electrons. The summed E-state index contributed by atoms with van der Waals surface area (Å²) in [6, 6.07) is 9.70. The third-order valence-electron chi connectivity index (χ3n) is 3.43. The van der Waals surface area contributed by atoms with Crippen LogP contribution in [0.15, 0.2) is 18.2 Å². The molecule has 0 unspecified atom stereocenters. The first kappa shape index (κ1) is 14.1. The summed E-state index contributed by atoms with van der Waals surface area (Å²) < 4.78 is 0. The second kappa shape index (κ2) is 6.66. The number of carbonyl (C=O) groups excluding carboxylic acids is 1. The normalized spacial score (nSPS) is 24.6. The zero-order valence-electron chi connectivity index (χ0n) is 9.78. The van der Waals surface area contributed by atoms with Gasteiger partial charge in [-0.05, 0) is 12.8 Å². The van der Waals surface area contributed by atoms with E-state index in [0.29, 0.717) is 11.8 Å². The molecular weight excluding hydrogens is 273 g/mol. The molecule has 1 fully saturated rings. The quantitative estimate of drug-likeness (QED) is 0.603. The number of carbonyl (C=O) groups is 1. The summed E-state index contributed by atoms with van der Waals surface area (Å²) in [6.45, 7) is 2.06. The Kier molecular flexibility index (Phi) is 5.85. The Morgan fingerprint density at radius 2 is 1.94 bits per heavy atom. The Balaban J connectivity index is 0.00000128. The molecule has 0 bridgehead atoms. The van der Waals surface area contributed by atoms with E-state index in [9.17, 15) is 4.79 Å². The van der Waals surface area contributed by atoms with Gasteiger partial charge in [0.1, 0.15) is 6.29 Å². The Morgan fingerprint density at radius 1 is 1.25 bits per heavy atom. The van der Waals surface area contributed by atoms with Crippen molar-refractivity contribution in [2.24, 2.45) is 5.92 Å². The number of hydrogen-bond donors (Lipinski definition) is 0. The number of benzene rings is 1. The van der Waals surface area contributed by atoms with Gasteiger partial charge in [-0.25, -0.2) is 0 Å². The van der Waals surface area contributed by atoms with Crippen LogP contribution in [-0.4, -0.2) is 6.29 Å². The fraction of sp³-hybridized carbons (Fsp3) is 0.500. The Bertz CT molecular complexity index is 323. The van der Waals surface area contributed by atoms with Gasteiger partial charge in [0.2, 0.25) is 0 Å². The Morgan fingerprint density at radius 3 is 2.44 bits per heavy atom. The second-order valence-electron chi connectivity index (χ2n) is 4.55. The van der Waals surface area contributed by atoms with Crippen molar-refractivity contribution in [3.8, 4) is 0 Å². The minimum Gasteiger partial charge on any atom is -0.303 e. The number of rotatable bonds is 2. The monoisotopic (exact) mass is 290 g/mol. The summed E-state index contributed by atoms with van der Waals surface area (Å²) in [5.41, 5.74) is 2.59. The van der Waals surface area contributed by atoms with Crippen LogP contribution < -0.4 is 0 Å². The summed E-state index contributed by atoms with van der Waals surface area (Å²) in [6.07, 6.45) is 5.54. The predicted molar refractivity (Wildman–Crippen MR) is 60.8 cm³/mol. The number of aldehydes is 1. The van der Waals surface area contributed by atoms with Gasteiger partial charge in [-0.1, -0.05) is 25.7 Å². The molecule has 1 radical (unpaired) electrons. The van der Waals surface area contributed by atoms with Crippen molar-refractivity contribution in [2.75, 3.05) is 0 Å². The van der Waals surface area contributed by atoms with Gasteiger partial charge in [0.15, 0.2) is 0 Å². The van der Waals surface area contributed by atoms with E-state index in [2.05, 4.69) is 31.2 Å². The molecule has 16 heavy (non-hydrogen) atoms. The van der Waals surface area contributed by atoms with Crippen LogP contribution in [0.1, 0.15) is 42.7 Å². The summed E-state index contributed by atoms with van der Waals surface area (Å²) in [5.74, 6) is 0.966. The molecule has 0 amide bonds. The zero-order chi connectivity index (χ0) is 10.7. The first-order chi connectivity index (χ1) is 7.29. The standard InChI is InChI=1S/C14H17O.Y/c1-11-2-6-13(7-3-11)14-8-4-12(10-15)5-9-14;/h2,6-7,10,12,14H,4-5,8-9H2,1H3;/q-1;. The van der Waals surface area contributed by atoms with Crippen molar-refractivity contribution in [3.63, 3.8) is 0 Å². The summed E-state index contributed by atoms with van der Waals surface area (Å²) in [4.78, 5) is 10.6. The summed E-state index contributed by atoms with van der Waals surface area (Å²) >= 11 is 0. The molecule has 1 nitrogen and oxygen atoms in total. The molecule has 1 aromatic carbocycles. The third-order valence-corrected chi connectivity index (χ3v) is 3.43. The van der Waals surface area contributed by atoms with Gasteiger partial charge in [-0.15, -0.1) is 0 Å². The largest absolute Gasteiger partial charge is 0.303 e. The molecule has 0 spiro atoms. The van der Waals surface area contributed by atoms with E-state index in [1.54, 1.807) is 0 Å². The minimum atomic E-state index is 0. The third kappa shape index (κ3) is 3.50. The number of hydrogen-bond acceptors (Lipinski definition) is 1. The van der Waals surface area contributed by atoms with E-state index in [1.807, 2.05) is 0 Å². The maximum Gasteiger partial charge on any atom is 0.123 e. The molecule has 1 aliphatic rings. The maximum atomic E-state index is 10.6. The Labute approximate surface area is 123 Å². The molecule has 1 aromatic rings. The Hall–Kier alpha value is -0.00610. The molecule has 0 aliphatic heterocycles. The van der Waals surface area contributed by atoms with Crippen molar-refractivity contribution >= 4 is 6.29 Å². The van der Waals surface area contributed by atoms with Gasteiger partial charge in [0.25, 0.3) is 0 Å². The fourth-order valence-corrected chi connectivity index (χ4v) is 2.36. The minimum absolute atomic E-state index is 0. The van der Waals surface area contributed by atoms with Crippen LogP contribution in [0.4, 0.5) is 0 Å². The van der Waals surface area contributed by atoms with Crippen molar-refractivity contribution in [1.82, 2.24) is 0 Å². The maximum absolute atomic E-state index is 10.6. The van der Waals surface area contributed by atoms with Gasteiger partial charge < -0.3 is 4.79 Å². The van der Waals surface area contributed by atoms with Crippen LogP contribution in [0.2, 0.25) is 0 Å². The van der Waals surface area contributed by atoms with Gasteiger partial charge in [0.05, 0.1) is 0 Å². The topological polar surface area (TPSA) is 17.1 Å². The molecule has 0 aromatic heterocycles. The van der Waals surface area contributed by atoms with Crippen molar-refractivity contribution in [2.45, 2.75) is 38.5 Å². The average Bonchev–Trinajstić information content (AvgIpc) is 2.30. The molecular formula is C14H17OY-. The summed E-state index contributed by atoms with van der Waals surface area (Å²) in [5, 5.41) is 0. The van der Waals surface area contributed by atoms with E-state index in [1.165, 1.54) is 11.1 Å². The first-order valence-electron chi connectivity index (χ1n) is 5.73. The second-order valence-corrected chi connectivity index (χ2v) is 4.55. The predicted octanol–water partition coefficient (Wildman–Crippen LogP) is 3.27. The van der Waals surface area contributed by atoms with E-state index in [4.69, 9.17) is 0 Å². The van der Waals surface area contributed by atoms with Gasteiger partial charge in [-0.3, -0.25) is 0 Å². The van der Waals surface area contributed by atoms with Crippen LogP contribution in [0.25, 0.3) is 0 Å². The van der Waals surface area contributed by atoms with Gasteiger partial charge >= 0.3 is 0 Å². The smallest absolute Gasteiger partial charge is 0.123 e. The van der Waals surface area contributed by atoms with E-state index in [-0.39, 0.29) is 32.7 Å². The number of aryl methyl sites for hydroxylation is 1. The molecule has 0 heterocycles. The van der Waals surface area contributed by atoms with Crippen LogP contribution in [0.3, 0.4) is 0 Å². The molecule has 1 saturated carbocycles. The van der Waals surface area contributed by atoms with Crippen LogP contribution >= 0.6 is 0 Å². The van der Waals surface area contributed by atoms with E-state index >= 15 is 0 Å². The molecule has 1 aliphatic carbocycles. The van der Waals surface area contributed by atoms with Crippen molar-refractivity contribution in [1.29, 1.82) is 0 Å². The van der Waals surface area contributed by atoms with Crippen molar-refractivity contribution in [3.05, 3.63) is 35.4 Å².